The van der Waals surface area contributed by atoms with Crippen molar-refractivity contribution in [1.82, 2.24) is 10.6 Å². The molecule has 6 heteroatoms. The number of nitrogens with one attached hydrogen (secondary N) is 2. The van der Waals surface area contributed by atoms with Gasteiger partial charge < -0.3 is 15.4 Å². The molecule has 124 valence electrons. The summed E-state index contributed by atoms with van der Waals surface area (Å²) in [5, 5.41) is 6.56. The molecule has 0 aliphatic rings. The van der Waals surface area contributed by atoms with Gasteiger partial charge in [0.15, 0.2) is 5.96 Å². The molecular formula is C16H26FN3OS. The first kappa shape index (κ1) is 18.6. The van der Waals surface area contributed by atoms with Gasteiger partial charge in [-0.25, -0.2) is 4.39 Å². The van der Waals surface area contributed by atoms with E-state index >= 15 is 0 Å². The van der Waals surface area contributed by atoms with E-state index in [0.717, 1.165) is 25.5 Å². The fourth-order valence-electron chi connectivity index (χ4n) is 1.59. The van der Waals surface area contributed by atoms with Crippen LogP contribution in [0.25, 0.3) is 0 Å². The van der Waals surface area contributed by atoms with Crippen molar-refractivity contribution in [1.29, 1.82) is 0 Å². The predicted molar refractivity (Wildman–Crippen MR) is 93.5 cm³/mol. The summed E-state index contributed by atoms with van der Waals surface area (Å²) in [6, 6.07) is 6.06. The summed E-state index contributed by atoms with van der Waals surface area (Å²) >= 11 is 1.82. The van der Waals surface area contributed by atoms with Crippen LogP contribution in [0.1, 0.15) is 20.3 Å². The highest BCUT2D eigenvalue weighted by molar-refractivity contribution is 7.99. The zero-order valence-corrected chi connectivity index (χ0v) is 14.6. The molecule has 0 fully saturated rings. The largest absolute Gasteiger partial charge is 0.494 e. The van der Waals surface area contributed by atoms with Crippen LogP contribution in [0.3, 0.4) is 0 Å². The Balaban J connectivity index is 2.18. The molecule has 2 N–H and O–H groups in total. The van der Waals surface area contributed by atoms with Crippen LogP contribution in [-0.4, -0.2) is 43.7 Å². The molecule has 0 aliphatic carbocycles. The number of ether oxygens (including phenoxy) is 1. The van der Waals surface area contributed by atoms with Gasteiger partial charge in [0.2, 0.25) is 0 Å². The standard InChI is InChI=1S/C16H26FN3OS/c1-16(2,22-4)12-20-15(18-3)19-10-5-11-21-14-8-6-13(17)7-9-14/h6-9H,5,10-12H2,1-4H3,(H2,18,19,20). The quantitative estimate of drug-likeness (QED) is 0.438. The predicted octanol–water partition coefficient (Wildman–Crippen LogP) is 2.90. The average Bonchev–Trinajstić information content (AvgIpc) is 2.51. The second-order valence-corrected chi connectivity index (χ2v) is 6.99. The summed E-state index contributed by atoms with van der Waals surface area (Å²) < 4.78 is 18.5. The maximum atomic E-state index is 12.8. The van der Waals surface area contributed by atoms with E-state index in [9.17, 15) is 4.39 Å². The molecule has 4 nitrogen and oxygen atoms in total. The molecule has 0 saturated heterocycles. The smallest absolute Gasteiger partial charge is 0.191 e. The van der Waals surface area contributed by atoms with Crippen LogP contribution in [0, 0.1) is 5.82 Å². The maximum Gasteiger partial charge on any atom is 0.191 e. The van der Waals surface area contributed by atoms with Gasteiger partial charge in [-0.2, -0.15) is 11.8 Å². The van der Waals surface area contributed by atoms with Crippen molar-refractivity contribution in [2.45, 2.75) is 25.0 Å². The summed E-state index contributed by atoms with van der Waals surface area (Å²) in [6.07, 6.45) is 2.94. The van der Waals surface area contributed by atoms with Crippen LogP contribution < -0.4 is 15.4 Å². The van der Waals surface area contributed by atoms with Crippen molar-refractivity contribution >= 4 is 17.7 Å². The second-order valence-electron chi connectivity index (χ2n) is 5.47. The lowest BCUT2D eigenvalue weighted by atomic mass is 10.2. The van der Waals surface area contributed by atoms with E-state index in [1.807, 2.05) is 11.8 Å². The lowest BCUT2D eigenvalue weighted by Crippen LogP contribution is -2.43. The fourth-order valence-corrected chi connectivity index (χ4v) is 1.81. The van der Waals surface area contributed by atoms with Gasteiger partial charge in [-0.1, -0.05) is 0 Å². The van der Waals surface area contributed by atoms with Gasteiger partial charge in [0.1, 0.15) is 11.6 Å². The Morgan fingerprint density at radius 2 is 1.95 bits per heavy atom. The average molecular weight is 327 g/mol. The fraction of sp³-hybridized carbons (Fsp3) is 0.562. The Hall–Kier alpha value is -1.43. The Kier molecular flexibility index (Phi) is 8.09. The Labute approximate surface area is 136 Å². The number of guanidine groups is 1. The second kappa shape index (κ2) is 9.56. The molecule has 0 heterocycles. The summed E-state index contributed by atoms with van der Waals surface area (Å²) in [6.45, 7) is 6.56. The zero-order valence-electron chi connectivity index (χ0n) is 13.8. The number of thioether (sulfide) groups is 1. The molecule has 0 radical (unpaired) electrons. The van der Waals surface area contributed by atoms with Gasteiger partial charge in [0.25, 0.3) is 0 Å². The van der Waals surface area contributed by atoms with Crippen molar-refractivity contribution in [2.75, 3.05) is 33.0 Å². The number of benzene rings is 1. The van der Waals surface area contributed by atoms with Crippen LogP contribution in [0.2, 0.25) is 0 Å². The Morgan fingerprint density at radius 3 is 2.55 bits per heavy atom. The minimum atomic E-state index is -0.253. The number of aliphatic imine (C=N–C) groups is 1. The molecule has 0 aliphatic heterocycles. The van der Waals surface area contributed by atoms with Crippen molar-refractivity contribution in [3.05, 3.63) is 30.1 Å². The zero-order chi connectivity index (χ0) is 16.4. The van der Waals surface area contributed by atoms with E-state index in [0.29, 0.717) is 12.4 Å². The highest BCUT2D eigenvalue weighted by Crippen LogP contribution is 2.19. The monoisotopic (exact) mass is 327 g/mol. The first-order valence-electron chi connectivity index (χ1n) is 7.35. The number of rotatable bonds is 8. The first-order valence-corrected chi connectivity index (χ1v) is 8.57. The van der Waals surface area contributed by atoms with Crippen LogP contribution >= 0.6 is 11.8 Å². The van der Waals surface area contributed by atoms with Crippen molar-refractivity contribution in [2.24, 2.45) is 4.99 Å². The summed E-state index contributed by atoms with van der Waals surface area (Å²) in [4.78, 5) is 4.19. The van der Waals surface area contributed by atoms with E-state index in [-0.39, 0.29) is 10.6 Å². The summed E-state index contributed by atoms with van der Waals surface area (Å²) in [5.74, 6) is 1.23. The van der Waals surface area contributed by atoms with Crippen LogP contribution in [0.5, 0.6) is 5.75 Å². The normalized spacial score (nSPS) is 12.1. The van der Waals surface area contributed by atoms with Crippen molar-refractivity contribution in [3.63, 3.8) is 0 Å². The number of halogens is 1. The molecule has 0 aromatic heterocycles. The third-order valence-electron chi connectivity index (χ3n) is 3.15. The Morgan fingerprint density at radius 1 is 1.27 bits per heavy atom. The van der Waals surface area contributed by atoms with E-state index in [4.69, 9.17) is 4.74 Å². The van der Waals surface area contributed by atoms with Gasteiger partial charge in [0, 0.05) is 24.9 Å². The first-order chi connectivity index (χ1) is 10.5. The van der Waals surface area contributed by atoms with Gasteiger partial charge in [-0.15, -0.1) is 0 Å². The molecule has 1 aromatic rings. The van der Waals surface area contributed by atoms with E-state index < -0.39 is 0 Å². The van der Waals surface area contributed by atoms with E-state index in [1.165, 1.54) is 12.1 Å². The third kappa shape index (κ3) is 7.54. The molecule has 0 saturated carbocycles. The number of hydrogen-bond acceptors (Lipinski definition) is 3. The topological polar surface area (TPSA) is 45.7 Å². The minimum Gasteiger partial charge on any atom is -0.494 e. The Bertz CT molecular complexity index is 463. The van der Waals surface area contributed by atoms with Gasteiger partial charge in [-0.3, -0.25) is 4.99 Å². The third-order valence-corrected chi connectivity index (χ3v) is 4.40. The number of hydrogen-bond donors (Lipinski definition) is 2. The highest BCUT2D eigenvalue weighted by atomic mass is 32.2. The van der Waals surface area contributed by atoms with Gasteiger partial charge >= 0.3 is 0 Å². The minimum absolute atomic E-state index is 0.170. The maximum absolute atomic E-state index is 12.8. The molecule has 22 heavy (non-hydrogen) atoms. The van der Waals surface area contributed by atoms with Crippen molar-refractivity contribution < 1.29 is 9.13 Å². The van der Waals surface area contributed by atoms with Crippen LogP contribution in [0.4, 0.5) is 4.39 Å². The van der Waals surface area contributed by atoms with Gasteiger partial charge in [-0.05, 0) is 50.8 Å². The molecule has 0 bridgehead atoms. The SMILES string of the molecule is CN=C(NCCCOc1ccc(F)cc1)NCC(C)(C)SC. The lowest BCUT2D eigenvalue weighted by Gasteiger charge is -2.23. The van der Waals surface area contributed by atoms with Crippen molar-refractivity contribution in [3.8, 4) is 5.75 Å². The van der Waals surface area contributed by atoms with Crippen LogP contribution in [0.15, 0.2) is 29.3 Å². The van der Waals surface area contributed by atoms with E-state index in [2.05, 4.69) is 35.7 Å². The molecule has 0 atom stereocenters. The van der Waals surface area contributed by atoms with Gasteiger partial charge in [0.05, 0.1) is 6.61 Å². The summed E-state index contributed by atoms with van der Waals surface area (Å²) in [7, 11) is 1.76. The lowest BCUT2D eigenvalue weighted by molar-refractivity contribution is 0.310. The van der Waals surface area contributed by atoms with Crippen LogP contribution in [-0.2, 0) is 0 Å². The molecule has 0 spiro atoms. The molecule has 0 amide bonds. The molecule has 1 aromatic carbocycles. The number of nitrogens with zero attached hydrogens (tertiary/aromatic N) is 1. The molecule has 0 unspecified atom stereocenters. The molecular weight excluding hydrogens is 301 g/mol. The van der Waals surface area contributed by atoms with E-state index in [1.54, 1.807) is 19.2 Å². The highest BCUT2D eigenvalue weighted by Gasteiger charge is 2.15. The summed E-state index contributed by atoms with van der Waals surface area (Å²) in [5.41, 5.74) is 0. The molecule has 1 rings (SSSR count).